The number of benzene rings is 1. The number of hydrogen-bond donors (Lipinski definition) is 1. The van der Waals surface area contributed by atoms with Crippen LogP contribution in [0.1, 0.15) is 77.6 Å². The molecule has 1 N–H and O–H groups in total. The van der Waals surface area contributed by atoms with Crippen LogP contribution >= 0.6 is 34.8 Å². The molecule has 1 aliphatic rings. The van der Waals surface area contributed by atoms with E-state index in [1.54, 1.807) is 40.9 Å². The molecule has 0 saturated heterocycles. The van der Waals surface area contributed by atoms with E-state index >= 15 is 0 Å². The highest BCUT2D eigenvalue weighted by Crippen LogP contribution is 2.31. The van der Waals surface area contributed by atoms with Crippen LogP contribution in [0.2, 0.25) is 15.2 Å². The summed E-state index contributed by atoms with van der Waals surface area (Å²) >= 11 is 18.0. The van der Waals surface area contributed by atoms with Crippen molar-refractivity contribution in [1.29, 1.82) is 0 Å². The molecule has 3 aromatic rings. The van der Waals surface area contributed by atoms with Gasteiger partial charge in [0.05, 0.1) is 53.0 Å². The normalized spacial score (nSPS) is 16.6. The molecule has 1 aliphatic heterocycles. The van der Waals surface area contributed by atoms with Gasteiger partial charge in [-0.2, -0.15) is 5.10 Å². The lowest BCUT2D eigenvalue weighted by Gasteiger charge is -2.33. The van der Waals surface area contributed by atoms with Crippen molar-refractivity contribution in [2.45, 2.75) is 58.8 Å². The van der Waals surface area contributed by atoms with Crippen molar-refractivity contribution in [2.75, 3.05) is 13.2 Å². The highest BCUT2D eigenvalue weighted by atomic mass is 35.5. The summed E-state index contributed by atoms with van der Waals surface area (Å²) in [5, 5.41) is 9.24. The van der Waals surface area contributed by atoms with E-state index in [1.165, 1.54) is 6.20 Å². The van der Waals surface area contributed by atoms with Crippen molar-refractivity contribution in [2.24, 2.45) is 0 Å². The molecule has 202 valence electrons. The lowest BCUT2D eigenvalue weighted by molar-refractivity contribution is 0.0500. The number of halogens is 3. The number of hydrogen-bond acceptors (Lipinski definition) is 7. The molecule has 0 saturated carbocycles. The number of nitrogens with zero attached hydrogens (tertiary/aromatic N) is 5. The molecule has 1 unspecified atom stereocenters. The average Bonchev–Trinajstić information content (AvgIpc) is 3.26. The first-order valence-electron chi connectivity index (χ1n) is 12.3. The molecule has 3 heterocycles. The first kappa shape index (κ1) is 28.3. The maximum atomic E-state index is 13.4. The minimum Gasteiger partial charge on any atom is -0.461 e. The summed E-state index contributed by atoms with van der Waals surface area (Å²) in [6.07, 6.45) is 3.63. The highest BCUT2D eigenvalue weighted by molar-refractivity contribution is 6.42. The van der Waals surface area contributed by atoms with E-state index in [9.17, 15) is 9.59 Å². The lowest BCUT2D eigenvalue weighted by atomic mass is 9.98. The van der Waals surface area contributed by atoms with E-state index in [1.807, 2.05) is 20.8 Å². The van der Waals surface area contributed by atoms with Gasteiger partial charge in [-0.05, 0) is 45.9 Å². The van der Waals surface area contributed by atoms with Crippen LogP contribution in [0.15, 0.2) is 30.6 Å². The molecule has 0 fully saturated rings. The standard InChI is InChI=1S/C26H29Cl3N6O3/c1-5-38-26(37)24-18-13-34(25(36)17-6-7-19(27)20(28)9-17)14(2)8-21(18)33-35(24)15(3)10-30-16(4)22-11-32-23(29)12-31-22/h6-7,9,11-12,14-16,30H,5,8,10,13H2,1-4H3/t14-,15-,16?/m1/s1. The zero-order valence-corrected chi connectivity index (χ0v) is 23.8. The highest BCUT2D eigenvalue weighted by Gasteiger charge is 2.35. The quantitative estimate of drug-likeness (QED) is 0.361. The van der Waals surface area contributed by atoms with Crippen molar-refractivity contribution in [3.8, 4) is 0 Å². The van der Waals surface area contributed by atoms with Gasteiger partial charge in [-0.3, -0.25) is 14.5 Å². The number of nitrogens with one attached hydrogen (secondary N) is 1. The number of ether oxygens (including phenoxy) is 1. The Morgan fingerprint density at radius 2 is 1.92 bits per heavy atom. The smallest absolute Gasteiger partial charge is 0.356 e. The maximum Gasteiger partial charge on any atom is 0.356 e. The summed E-state index contributed by atoms with van der Waals surface area (Å²) in [6.45, 7) is 8.60. The molecule has 12 heteroatoms. The van der Waals surface area contributed by atoms with Crippen molar-refractivity contribution in [3.63, 3.8) is 0 Å². The van der Waals surface area contributed by atoms with Crippen molar-refractivity contribution in [1.82, 2.24) is 30.0 Å². The van der Waals surface area contributed by atoms with Gasteiger partial charge in [0.15, 0.2) is 5.69 Å². The van der Waals surface area contributed by atoms with Gasteiger partial charge in [-0.15, -0.1) is 0 Å². The number of carbonyl (C=O) groups excluding carboxylic acids is 2. The van der Waals surface area contributed by atoms with Gasteiger partial charge in [0.2, 0.25) is 0 Å². The van der Waals surface area contributed by atoms with Gasteiger partial charge in [0, 0.05) is 36.2 Å². The first-order chi connectivity index (χ1) is 18.1. The van der Waals surface area contributed by atoms with Gasteiger partial charge in [0.1, 0.15) is 5.15 Å². The number of amides is 1. The third kappa shape index (κ3) is 5.96. The van der Waals surface area contributed by atoms with Crippen LogP contribution in [0.25, 0.3) is 0 Å². The fourth-order valence-electron chi connectivity index (χ4n) is 4.45. The van der Waals surface area contributed by atoms with E-state index in [4.69, 9.17) is 44.6 Å². The second-order valence-electron chi connectivity index (χ2n) is 9.30. The molecule has 1 aromatic carbocycles. The fraction of sp³-hybridized carbons (Fsp3) is 0.423. The van der Waals surface area contributed by atoms with Crippen molar-refractivity contribution < 1.29 is 14.3 Å². The predicted molar refractivity (Wildman–Crippen MR) is 146 cm³/mol. The van der Waals surface area contributed by atoms with Gasteiger partial charge in [-0.25, -0.2) is 9.78 Å². The van der Waals surface area contributed by atoms with E-state index in [2.05, 4.69) is 15.3 Å². The Morgan fingerprint density at radius 1 is 1.16 bits per heavy atom. The molecule has 0 bridgehead atoms. The summed E-state index contributed by atoms with van der Waals surface area (Å²) in [4.78, 5) is 36.7. The molecule has 4 rings (SSSR count). The van der Waals surface area contributed by atoms with Crippen molar-refractivity contribution >= 4 is 46.7 Å². The van der Waals surface area contributed by atoms with Crippen LogP contribution < -0.4 is 5.32 Å². The number of rotatable bonds is 8. The maximum absolute atomic E-state index is 13.4. The third-order valence-corrected chi connectivity index (χ3v) is 7.49. The largest absolute Gasteiger partial charge is 0.461 e. The monoisotopic (exact) mass is 578 g/mol. The molecular weight excluding hydrogens is 551 g/mol. The van der Waals surface area contributed by atoms with E-state index in [0.717, 1.165) is 11.4 Å². The van der Waals surface area contributed by atoms with Crippen LogP contribution in [0, 0.1) is 0 Å². The molecule has 0 radical (unpaired) electrons. The minimum atomic E-state index is -0.471. The van der Waals surface area contributed by atoms with E-state index < -0.39 is 5.97 Å². The Balaban J connectivity index is 1.60. The summed E-state index contributed by atoms with van der Waals surface area (Å²) in [7, 11) is 0. The number of esters is 1. The number of fused-ring (bicyclic) bond motifs is 1. The Hall–Kier alpha value is -2.72. The molecular formula is C26H29Cl3N6O3. The number of carbonyl (C=O) groups is 2. The molecule has 9 nitrogen and oxygen atoms in total. The summed E-state index contributed by atoms with van der Waals surface area (Å²) in [5.41, 5.74) is 3.00. The number of aromatic nitrogens is 4. The van der Waals surface area contributed by atoms with Crippen molar-refractivity contribution in [3.05, 3.63) is 74.0 Å². The molecule has 38 heavy (non-hydrogen) atoms. The summed E-state index contributed by atoms with van der Waals surface area (Å²) < 4.78 is 7.10. The van der Waals surface area contributed by atoms with Crippen LogP contribution in [0.3, 0.4) is 0 Å². The minimum absolute atomic E-state index is 0.0993. The van der Waals surface area contributed by atoms with Gasteiger partial charge < -0.3 is 15.0 Å². The second-order valence-corrected chi connectivity index (χ2v) is 10.5. The zero-order chi connectivity index (χ0) is 27.6. The molecule has 0 spiro atoms. The summed E-state index contributed by atoms with van der Waals surface area (Å²) in [5.74, 6) is -0.668. The predicted octanol–water partition coefficient (Wildman–Crippen LogP) is 5.31. The van der Waals surface area contributed by atoms with Gasteiger partial charge in [-0.1, -0.05) is 34.8 Å². The fourth-order valence-corrected chi connectivity index (χ4v) is 4.84. The first-order valence-corrected chi connectivity index (χ1v) is 13.5. The average molecular weight is 580 g/mol. The zero-order valence-electron chi connectivity index (χ0n) is 21.5. The second kappa shape index (κ2) is 12.0. The van der Waals surface area contributed by atoms with E-state index in [0.29, 0.717) is 45.0 Å². The molecule has 2 aromatic heterocycles. The van der Waals surface area contributed by atoms with Crippen LogP contribution in [0.5, 0.6) is 0 Å². The Bertz CT molecular complexity index is 1330. The van der Waals surface area contributed by atoms with Crippen LogP contribution in [-0.4, -0.2) is 55.7 Å². The molecule has 0 aliphatic carbocycles. The van der Waals surface area contributed by atoms with Crippen LogP contribution in [-0.2, 0) is 17.7 Å². The molecule has 3 atom stereocenters. The van der Waals surface area contributed by atoms with E-state index in [-0.39, 0.29) is 37.2 Å². The lowest BCUT2D eigenvalue weighted by Crippen LogP contribution is -2.42. The van der Waals surface area contributed by atoms with Gasteiger partial charge in [0.25, 0.3) is 5.91 Å². The Morgan fingerprint density at radius 3 is 2.58 bits per heavy atom. The summed E-state index contributed by atoms with van der Waals surface area (Å²) in [6, 6.07) is 4.37. The Labute approximate surface area is 236 Å². The third-order valence-electron chi connectivity index (χ3n) is 6.56. The van der Waals surface area contributed by atoms with Gasteiger partial charge >= 0.3 is 5.97 Å². The Kier molecular flexibility index (Phi) is 8.92. The SMILES string of the molecule is CCOC(=O)c1c2c(nn1[C@H](C)CNC(C)c1cnc(Cl)cn1)C[C@@H](C)N(C(=O)c1ccc(Cl)c(Cl)c1)C2. The van der Waals surface area contributed by atoms with Crippen LogP contribution in [0.4, 0.5) is 0 Å². The molecule has 1 amide bonds. The topological polar surface area (TPSA) is 102 Å².